The molecule has 0 unspecified atom stereocenters. The standard InChI is InChI=1S/C26H25N5O4S2/c1-30(2)22-11-8-18(14-23(22)31(33)34)16-28-19-9-10-21-24(15-19)37-26(29-21)36-17-25(32)27-12-13-35-20-6-4-3-5-7-20/h3-11,14-16H,12-13,17H2,1-2H3,(H,27,32). The highest BCUT2D eigenvalue weighted by Gasteiger charge is 2.15. The van der Waals surface area contributed by atoms with Crippen LogP contribution in [0.25, 0.3) is 10.2 Å². The second-order valence-corrected chi connectivity index (χ2v) is 10.3. The topological polar surface area (TPSA) is 110 Å². The molecule has 0 aliphatic rings. The van der Waals surface area contributed by atoms with Gasteiger partial charge in [-0.2, -0.15) is 0 Å². The second-order valence-electron chi connectivity index (χ2n) is 8.09. The van der Waals surface area contributed by atoms with E-state index in [2.05, 4.69) is 15.3 Å². The first kappa shape index (κ1) is 26.1. The molecular weight excluding hydrogens is 510 g/mol. The average Bonchev–Trinajstić information content (AvgIpc) is 3.31. The predicted octanol–water partition coefficient (Wildman–Crippen LogP) is 5.31. The Morgan fingerprint density at radius 2 is 2.00 bits per heavy atom. The lowest BCUT2D eigenvalue weighted by Gasteiger charge is -2.12. The number of thioether (sulfide) groups is 1. The molecule has 9 nitrogen and oxygen atoms in total. The van der Waals surface area contributed by atoms with Crippen LogP contribution < -0.4 is 15.0 Å². The van der Waals surface area contributed by atoms with Gasteiger partial charge in [0.25, 0.3) is 5.69 Å². The highest BCUT2D eigenvalue weighted by molar-refractivity contribution is 8.01. The van der Waals surface area contributed by atoms with E-state index >= 15 is 0 Å². The highest BCUT2D eigenvalue weighted by atomic mass is 32.2. The molecule has 1 aromatic heterocycles. The van der Waals surface area contributed by atoms with Crippen molar-refractivity contribution in [3.05, 3.63) is 82.4 Å². The maximum atomic E-state index is 12.2. The van der Waals surface area contributed by atoms with Gasteiger partial charge in [-0.3, -0.25) is 19.9 Å². The van der Waals surface area contributed by atoms with Gasteiger partial charge in [-0.05, 0) is 42.0 Å². The number of hydrogen-bond donors (Lipinski definition) is 1. The van der Waals surface area contributed by atoms with Gasteiger partial charge in [0.05, 0.1) is 33.1 Å². The normalized spacial score (nSPS) is 11.1. The van der Waals surface area contributed by atoms with E-state index in [0.29, 0.717) is 30.1 Å². The zero-order valence-corrected chi connectivity index (χ0v) is 21.9. The van der Waals surface area contributed by atoms with Crippen molar-refractivity contribution in [2.75, 3.05) is 37.9 Å². The summed E-state index contributed by atoms with van der Waals surface area (Å²) in [5.41, 5.74) is 2.74. The first-order valence-electron chi connectivity index (χ1n) is 11.4. The summed E-state index contributed by atoms with van der Waals surface area (Å²) in [6.07, 6.45) is 1.61. The van der Waals surface area contributed by atoms with Crippen molar-refractivity contribution < 1.29 is 14.5 Å². The van der Waals surface area contributed by atoms with Crippen molar-refractivity contribution in [1.82, 2.24) is 10.3 Å². The molecule has 190 valence electrons. The summed E-state index contributed by atoms with van der Waals surface area (Å²) in [7, 11) is 3.53. The Hall–Kier alpha value is -3.96. The van der Waals surface area contributed by atoms with E-state index in [9.17, 15) is 14.9 Å². The maximum Gasteiger partial charge on any atom is 0.293 e. The van der Waals surface area contributed by atoms with Crippen LogP contribution in [0.5, 0.6) is 5.75 Å². The van der Waals surface area contributed by atoms with Crippen molar-refractivity contribution in [2.45, 2.75) is 4.34 Å². The zero-order chi connectivity index (χ0) is 26.2. The molecule has 0 fully saturated rings. The minimum Gasteiger partial charge on any atom is -0.492 e. The predicted molar refractivity (Wildman–Crippen MR) is 150 cm³/mol. The highest BCUT2D eigenvalue weighted by Crippen LogP contribution is 2.32. The molecule has 4 rings (SSSR count). The number of anilines is 1. The zero-order valence-electron chi connectivity index (χ0n) is 20.3. The number of amides is 1. The van der Waals surface area contributed by atoms with Crippen LogP contribution >= 0.6 is 23.1 Å². The third-order valence-electron chi connectivity index (χ3n) is 5.16. The molecule has 1 amide bonds. The summed E-state index contributed by atoms with van der Waals surface area (Å²) in [6.45, 7) is 0.828. The Morgan fingerprint density at radius 3 is 2.76 bits per heavy atom. The Kier molecular flexibility index (Phi) is 8.70. The lowest BCUT2D eigenvalue weighted by atomic mass is 10.1. The Labute approximate surface area is 222 Å². The first-order valence-corrected chi connectivity index (χ1v) is 13.2. The van der Waals surface area contributed by atoms with Crippen molar-refractivity contribution in [3.8, 4) is 5.75 Å². The number of fused-ring (bicyclic) bond motifs is 1. The van der Waals surface area contributed by atoms with Crippen molar-refractivity contribution in [1.29, 1.82) is 0 Å². The Morgan fingerprint density at radius 1 is 1.19 bits per heavy atom. The number of aliphatic imine (C=N–C) groups is 1. The molecular formula is C26H25N5O4S2. The fraction of sp³-hybridized carbons (Fsp3) is 0.192. The van der Waals surface area contributed by atoms with E-state index in [0.717, 1.165) is 20.3 Å². The number of rotatable bonds is 11. The van der Waals surface area contributed by atoms with Gasteiger partial charge >= 0.3 is 0 Å². The molecule has 0 saturated heterocycles. The van der Waals surface area contributed by atoms with Crippen LogP contribution in [-0.4, -0.2) is 55.0 Å². The van der Waals surface area contributed by atoms with E-state index < -0.39 is 4.92 Å². The largest absolute Gasteiger partial charge is 0.492 e. The minimum absolute atomic E-state index is 0.0290. The van der Waals surface area contributed by atoms with E-state index in [1.54, 1.807) is 37.3 Å². The molecule has 0 saturated carbocycles. The van der Waals surface area contributed by atoms with Gasteiger partial charge in [0.2, 0.25) is 5.91 Å². The SMILES string of the molecule is CN(C)c1ccc(C=Nc2ccc3nc(SCC(=O)NCCOc4ccccc4)sc3c2)cc1[N+](=O)[O-]. The van der Waals surface area contributed by atoms with Gasteiger partial charge in [-0.1, -0.05) is 36.0 Å². The molecule has 0 spiro atoms. The number of hydrogen-bond acceptors (Lipinski definition) is 9. The molecule has 0 atom stereocenters. The number of nitrogens with one attached hydrogen (secondary N) is 1. The number of nitro benzene ring substituents is 1. The van der Waals surface area contributed by atoms with E-state index in [1.807, 2.05) is 48.5 Å². The first-order chi connectivity index (χ1) is 17.9. The molecule has 0 bridgehead atoms. The van der Waals surface area contributed by atoms with Crippen molar-refractivity contribution in [3.63, 3.8) is 0 Å². The van der Waals surface area contributed by atoms with Gasteiger partial charge in [-0.25, -0.2) is 4.98 Å². The molecule has 11 heteroatoms. The van der Waals surface area contributed by atoms with E-state index in [1.165, 1.54) is 29.2 Å². The summed E-state index contributed by atoms with van der Waals surface area (Å²) in [5, 5.41) is 14.3. The third kappa shape index (κ3) is 7.28. The Balaban J connectivity index is 1.32. The quantitative estimate of drug-likeness (QED) is 0.0911. The lowest BCUT2D eigenvalue weighted by Crippen LogP contribution is -2.29. The van der Waals surface area contributed by atoms with E-state index in [4.69, 9.17) is 4.74 Å². The number of benzene rings is 3. The van der Waals surface area contributed by atoms with E-state index in [-0.39, 0.29) is 17.3 Å². The molecule has 0 aliphatic heterocycles. The van der Waals surface area contributed by atoms with Gasteiger partial charge in [0, 0.05) is 26.4 Å². The molecule has 3 aromatic carbocycles. The third-order valence-corrected chi connectivity index (χ3v) is 7.32. The van der Waals surface area contributed by atoms with Crippen LogP contribution in [0.2, 0.25) is 0 Å². The van der Waals surface area contributed by atoms with Crippen LogP contribution in [0, 0.1) is 10.1 Å². The fourth-order valence-electron chi connectivity index (χ4n) is 3.38. The van der Waals surface area contributed by atoms with Gasteiger partial charge in [0.15, 0.2) is 4.34 Å². The smallest absolute Gasteiger partial charge is 0.293 e. The summed E-state index contributed by atoms with van der Waals surface area (Å²) in [4.78, 5) is 34.0. The average molecular weight is 536 g/mol. The van der Waals surface area contributed by atoms with Crippen LogP contribution in [0.3, 0.4) is 0 Å². The maximum absolute atomic E-state index is 12.2. The lowest BCUT2D eigenvalue weighted by molar-refractivity contribution is -0.384. The molecule has 37 heavy (non-hydrogen) atoms. The van der Waals surface area contributed by atoms with Gasteiger partial charge < -0.3 is 15.0 Å². The number of carbonyl (C=O) groups excluding carboxylic acids is 1. The molecule has 0 aliphatic carbocycles. The molecule has 1 N–H and O–H groups in total. The van der Waals surface area contributed by atoms with Crippen molar-refractivity contribution >= 4 is 62.5 Å². The van der Waals surface area contributed by atoms with Crippen molar-refractivity contribution in [2.24, 2.45) is 4.99 Å². The van der Waals surface area contributed by atoms with Crippen LogP contribution in [0.1, 0.15) is 5.56 Å². The number of aromatic nitrogens is 1. The number of nitro groups is 1. The number of thiazole rings is 1. The number of carbonyl (C=O) groups is 1. The number of nitrogens with zero attached hydrogens (tertiary/aromatic N) is 4. The Bertz CT molecular complexity index is 1420. The van der Waals surface area contributed by atoms with Gasteiger partial charge in [-0.15, -0.1) is 11.3 Å². The van der Waals surface area contributed by atoms with Crippen LogP contribution in [0.4, 0.5) is 17.1 Å². The monoisotopic (exact) mass is 535 g/mol. The van der Waals surface area contributed by atoms with Crippen LogP contribution in [0.15, 0.2) is 76.1 Å². The summed E-state index contributed by atoms with van der Waals surface area (Å²) >= 11 is 2.87. The second kappa shape index (κ2) is 12.3. The summed E-state index contributed by atoms with van der Waals surface area (Å²) < 4.78 is 7.31. The minimum atomic E-state index is -0.395. The number of ether oxygens (including phenoxy) is 1. The number of para-hydroxylation sites is 1. The molecule has 0 radical (unpaired) electrons. The van der Waals surface area contributed by atoms with Gasteiger partial charge in [0.1, 0.15) is 18.0 Å². The molecule has 4 aromatic rings. The fourth-order valence-corrected chi connectivity index (χ4v) is 5.31. The summed E-state index contributed by atoms with van der Waals surface area (Å²) in [6, 6.07) is 20.1. The summed E-state index contributed by atoms with van der Waals surface area (Å²) in [5.74, 6) is 0.950. The molecule has 1 heterocycles. The van der Waals surface area contributed by atoms with Crippen LogP contribution in [-0.2, 0) is 4.79 Å².